The zero-order valence-electron chi connectivity index (χ0n) is 6.85. The molecule has 0 aliphatic carbocycles. The molecule has 0 atom stereocenters. The number of nitrogens with two attached hydrogens (primary N) is 1. The van der Waals surface area contributed by atoms with Crippen molar-refractivity contribution >= 4 is 27.3 Å². The molecule has 0 amide bonds. The highest BCUT2D eigenvalue weighted by Crippen LogP contribution is 2.21. The van der Waals surface area contributed by atoms with E-state index in [1.165, 1.54) is 8.66 Å². The van der Waals surface area contributed by atoms with Crippen molar-refractivity contribution in [3.8, 4) is 0 Å². The Morgan fingerprint density at radius 3 is 2.92 bits per heavy atom. The van der Waals surface area contributed by atoms with Gasteiger partial charge in [0.15, 0.2) is 0 Å². The van der Waals surface area contributed by atoms with Gasteiger partial charge in [0.2, 0.25) is 0 Å². The van der Waals surface area contributed by atoms with E-state index in [-0.39, 0.29) is 0 Å². The van der Waals surface area contributed by atoms with Gasteiger partial charge in [0.05, 0.1) is 3.79 Å². The molecule has 2 nitrogen and oxygen atoms in total. The van der Waals surface area contributed by atoms with E-state index in [1.54, 1.807) is 11.3 Å². The molecular formula is C8H13BrN2S. The van der Waals surface area contributed by atoms with Gasteiger partial charge in [-0.3, -0.25) is 0 Å². The zero-order valence-corrected chi connectivity index (χ0v) is 9.25. The van der Waals surface area contributed by atoms with E-state index < -0.39 is 0 Å². The second-order valence-corrected chi connectivity index (χ2v) is 5.07. The van der Waals surface area contributed by atoms with Crippen LogP contribution in [0.5, 0.6) is 0 Å². The van der Waals surface area contributed by atoms with Crippen molar-refractivity contribution in [1.29, 1.82) is 0 Å². The summed E-state index contributed by atoms with van der Waals surface area (Å²) in [7, 11) is 0. The molecule has 0 fully saturated rings. The maximum absolute atomic E-state index is 5.37. The van der Waals surface area contributed by atoms with Crippen LogP contribution in [0, 0.1) is 0 Å². The normalized spacial score (nSPS) is 10.5. The Morgan fingerprint density at radius 1 is 1.50 bits per heavy atom. The van der Waals surface area contributed by atoms with E-state index in [0.717, 1.165) is 26.1 Å². The van der Waals surface area contributed by atoms with Gasteiger partial charge >= 0.3 is 0 Å². The summed E-state index contributed by atoms with van der Waals surface area (Å²) in [5.41, 5.74) is 5.37. The molecule has 0 aliphatic rings. The van der Waals surface area contributed by atoms with Crippen LogP contribution in [0.2, 0.25) is 0 Å². The fourth-order valence-corrected chi connectivity index (χ4v) is 2.34. The second kappa shape index (κ2) is 5.70. The van der Waals surface area contributed by atoms with Crippen LogP contribution in [0.1, 0.15) is 11.3 Å². The first-order chi connectivity index (χ1) is 5.83. The molecule has 4 heteroatoms. The quantitative estimate of drug-likeness (QED) is 0.783. The predicted octanol–water partition coefficient (Wildman–Crippen LogP) is 1.95. The van der Waals surface area contributed by atoms with Crippen LogP contribution in [0.4, 0.5) is 0 Å². The van der Waals surface area contributed by atoms with E-state index in [2.05, 4.69) is 33.4 Å². The standard InChI is InChI=1S/C8H13BrN2S/c9-8-3-2-7(12-8)6-11-5-1-4-10/h2-3,11H,1,4-6,10H2. The van der Waals surface area contributed by atoms with Crippen LogP contribution in [0.3, 0.4) is 0 Å². The molecule has 12 heavy (non-hydrogen) atoms. The highest BCUT2D eigenvalue weighted by atomic mass is 79.9. The summed E-state index contributed by atoms with van der Waals surface area (Å²) in [6.45, 7) is 2.73. The fourth-order valence-electron chi connectivity index (χ4n) is 0.885. The van der Waals surface area contributed by atoms with Gasteiger partial charge in [-0.1, -0.05) is 0 Å². The minimum Gasteiger partial charge on any atom is -0.330 e. The Labute approximate surface area is 85.3 Å². The monoisotopic (exact) mass is 248 g/mol. The minimum absolute atomic E-state index is 0.765. The lowest BCUT2D eigenvalue weighted by Gasteiger charge is -1.99. The molecule has 0 spiro atoms. The van der Waals surface area contributed by atoms with Crippen molar-refractivity contribution in [3.05, 3.63) is 20.8 Å². The Hall–Kier alpha value is 0.1000. The van der Waals surface area contributed by atoms with Crippen molar-refractivity contribution < 1.29 is 0 Å². The van der Waals surface area contributed by atoms with Crippen molar-refractivity contribution in [2.75, 3.05) is 13.1 Å². The molecule has 0 saturated carbocycles. The molecule has 1 aromatic rings. The highest BCUT2D eigenvalue weighted by molar-refractivity contribution is 9.11. The number of hydrogen-bond donors (Lipinski definition) is 2. The third-order valence-corrected chi connectivity index (χ3v) is 3.11. The molecule has 0 bridgehead atoms. The maximum Gasteiger partial charge on any atom is 0.0701 e. The molecule has 1 heterocycles. The van der Waals surface area contributed by atoms with Crippen LogP contribution in [-0.2, 0) is 6.54 Å². The van der Waals surface area contributed by atoms with Crippen LogP contribution in [-0.4, -0.2) is 13.1 Å². The summed E-state index contributed by atoms with van der Waals surface area (Å²) in [5, 5.41) is 3.33. The molecule has 0 aromatic carbocycles. The summed E-state index contributed by atoms with van der Waals surface area (Å²) in [6, 6.07) is 4.20. The summed E-state index contributed by atoms with van der Waals surface area (Å²) < 4.78 is 1.19. The smallest absolute Gasteiger partial charge is 0.0701 e. The van der Waals surface area contributed by atoms with Crippen molar-refractivity contribution in [2.24, 2.45) is 5.73 Å². The molecule has 1 aromatic heterocycles. The molecule has 0 unspecified atom stereocenters. The van der Waals surface area contributed by atoms with Crippen molar-refractivity contribution in [2.45, 2.75) is 13.0 Å². The van der Waals surface area contributed by atoms with Crippen LogP contribution in [0.15, 0.2) is 15.9 Å². The summed E-state index contributed by atoms with van der Waals surface area (Å²) in [5.74, 6) is 0. The molecule has 1 rings (SSSR count). The molecule has 0 radical (unpaired) electrons. The summed E-state index contributed by atoms with van der Waals surface area (Å²) in [4.78, 5) is 1.36. The van der Waals surface area contributed by atoms with Gasteiger partial charge in [-0.25, -0.2) is 0 Å². The lowest BCUT2D eigenvalue weighted by molar-refractivity contribution is 0.660. The molecule has 0 aliphatic heterocycles. The first-order valence-electron chi connectivity index (χ1n) is 3.98. The average Bonchev–Trinajstić information content (AvgIpc) is 2.45. The molecule has 68 valence electrons. The lowest BCUT2D eigenvalue weighted by atomic mass is 10.4. The Bertz CT molecular complexity index is 225. The zero-order chi connectivity index (χ0) is 8.81. The third-order valence-electron chi connectivity index (χ3n) is 1.49. The van der Waals surface area contributed by atoms with E-state index >= 15 is 0 Å². The van der Waals surface area contributed by atoms with Gasteiger partial charge in [0.1, 0.15) is 0 Å². The van der Waals surface area contributed by atoms with E-state index in [9.17, 15) is 0 Å². The molecular weight excluding hydrogens is 236 g/mol. The first kappa shape index (κ1) is 10.2. The van der Waals surface area contributed by atoms with Crippen LogP contribution < -0.4 is 11.1 Å². The summed E-state index contributed by atoms with van der Waals surface area (Å²) in [6.07, 6.45) is 1.05. The third kappa shape index (κ3) is 3.67. The van der Waals surface area contributed by atoms with Gasteiger partial charge in [-0.2, -0.15) is 0 Å². The first-order valence-corrected chi connectivity index (χ1v) is 5.59. The number of thiophene rings is 1. The van der Waals surface area contributed by atoms with Crippen molar-refractivity contribution in [1.82, 2.24) is 5.32 Å². The minimum atomic E-state index is 0.765. The molecule has 0 saturated heterocycles. The van der Waals surface area contributed by atoms with Gasteiger partial charge in [-0.15, -0.1) is 11.3 Å². The van der Waals surface area contributed by atoms with Crippen LogP contribution >= 0.6 is 27.3 Å². The number of rotatable bonds is 5. The fraction of sp³-hybridized carbons (Fsp3) is 0.500. The van der Waals surface area contributed by atoms with E-state index in [1.807, 2.05) is 0 Å². The maximum atomic E-state index is 5.37. The van der Waals surface area contributed by atoms with Crippen molar-refractivity contribution in [3.63, 3.8) is 0 Å². The molecule has 3 N–H and O–H groups in total. The van der Waals surface area contributed by atoms with Crippen LogP contribution in [0.25, 0.3) is 0 Å². The highest BCUT2D eigenvalue weighted by Gasteiger charge is 1.95. The predicted molar refractivity (Wildman–Crippen MR) is 57.4 cm³/mol. The second-order valence-electron chi connectivity index (χ2n) is 2.52. The topological polar surface area (TPSA) is 38.0 Å². The van der Waals surface area contributed by atoms with Gasteiger partial charge in [0, 0.05) is 11.4 Å². The van der Waals surface area contributed by atoms with Gasteiger partial charge < -0.3 is 11.1 Å². The van der Waals surface area contributed by atoms with Gasteiger partial charge in [0.25, 0.3) is 0 Å². The lowest BCUT2D eigenvalue weighted by Crippen LogP contribution is -2.16. The van der Waals surface area contributed by atoms with E-state index in [4.69, 9.17) is 5.73 Å². The van der Waals surface area contributed by atoms with Gasteiger partial charge in [-0.05, 0) is 47.6 Å². The Morgan fingerprint density at radius 2 is 2.33 bits per heavy atom. The number of nitrogens with one attached hydrogen (secondary N) is 1. The van der Waals surface area contributed by atoms with E-state index in [0.29, 0.717) is 0 Å². The number of hydrogen-bond acceptors (Lipinski definition) is 3. The largest absolute Gasteiger partial charge is 0.330 e. The Kier molecular flexibility index (Phi) is 4.83. The number of halogens is 1. The summed E-state index contributed by atoms with van der Waals surface area (Å²) >= 11 is 5.19. The average molecular weight is 249 g/mol. The Balaban J connectivity index is 2.15. The SMILES string of the molecule is NCCCNCc1ccc(Br)s1.